The van der Waals surface area contributed by atoms with E-state index in [0.717, 1.165) is 11.9 Å². The fraction of sp³-hybridized carbons (Fsp3) is 0.286. The second kappa shape index (κ2) is 5.20. The molecule has 1 aromatic rings. The van der Waals surface area contributed by atoms with Crippen LogP contribution in [0.15, 0.2) is 11.0 Å². The molecule has 7 heteroatoms. The summed E-state index contributed by atoms with van der Waals surface area (Å²) in [5, 5.41) is 28.4. The van der Waals surface area contributed by atoms with Gasteiger partial charge in [-0.05, 0) is 17.3 Å². The molecule has 0 bridgehead atoms. The summed E-state index contributed by atoms with van der Waals surface area (Å²) in [6, 6.07) is 1.04. The van der Waals surface area contributed by atoms with Crippen molar-refractivity contribution < 1.29 is 15.3 Å². The monoisotopic (exact) mass is 234 g/mol. The summed E-state index contributed by atoms with van der Waals surface area (Å²) in [6.07, 6.45) is 0. The van der Waals surface area contributed by atoms with Crippen molar-refractivity contribution >= 4 is 29.5 Å². The second-order valence-electron chi connectivity index (χ2n) is 2.51. The molecule has 0 aliphatic carbocycles. The smallest absolute Gasteiger partial charge is 0.206 e. The number of aliphatic hydroxyl groups excluding tert-OH is 1. The summed E-state index contributed by atoms with van der Waals surface area (Å²) in [5.41, 5.74) is 0. The minimum atomic E-state index is -0.327. The lowest BCUT2D eigenvalue weighted by molar-refractivity contribution is 0.287. The number of H-pyrrole nitrogens is 1. The molecule has 0 aliphatic heterocycles. The van der Waals surface area contributed by atoms with Gasteiger partial charge in [0.2, 0.25) is 5.88 Å². The van der Waals surface area contributed by atoms with E-state index in [0.29, 0.717) is 4.90 Å². The molecule has 0 radical (unpaired) electrons. The fourth-order valence-corrected chi connectivity index (χ4v) is 1.72. The van der Waals surface area contributed by atoms with E-state index in [1.807, 2.05) is 0 Å². The first kappa shape index (κ1) is 11.3. The zero-order valence-electron chi connectivity index (χ0n) is 7.10. The van der Waals surface area contributed by atoms with E-state index in [4.69, 9.17) is 10.2 Å². The third kappa shape index (κ3) is 2.88. The summed E-state index contributed by atoms with van der Waals surface area (Å²) in [4.78, 5) is 2.76. The molecule has 78 valence electrons. The third-order valence-electron chi connectivity index (χ3n) is 1.43. The zero-order valence-corrected chi connectivity index (χ0v) is 8.73. The van der Waals surface area contributed by atoms with Crippen LogP contribution in [0.25, 0.3) is 0 Å². The predicted octanol–water partition coefficient (Wildman–Crippen LogP) is 0.383. The minimum absolute atomic E-state index is 0.116. The van der Waals surface area contributed by atoms with Gasteiger partial charge in [0.05, 0.1) is 17.5 Å². The van der Waals surface area contributed by atoms with Crippen molar-refractivity contribution in [3.63, 3.8) is 0 Å². The Morgan fingerprint density at radius 1 is 1.64 bits per heavy atom. The van der Waals surface area contributed by atoms with Crippen LogP contribution in [-0.4, -0.2) is 38.3 Å². The number of hydrogen-bond donors (Lipinski definition) is 5. The van der Waals surface area contributed by atoms with Gasteiger partial charge in [0.1, 0.15) is 0 Å². The van der Waals surface area contributed by atoms with Crippen molar-refractivity contribution in [2.45, 2.75) is 10.9 Å². The molecule has 1 rings (SSSR count). The van der Waals surface area contributed by atoms with Crippen molar-refractivity contribution in [3.8, 4) is 11.8 Å². The maximum Gasteiger partial charge on any atom is 0.206 e. The summed E-state index contributed by atoms with van der Waals surface area (Å²) < 4.78 is 2.81. The Balaban J connectivity index is 2.52. The molecule has 0 saturated heterocycles. The van der Waals surface area contributed by atoms with Crippen LogP contribution < -0.4 is 4.72 Å². The lowest BCUT2D eigenvalue weighted by Gasteiger charge is -2.08. The van der Waals surface area contributed by atoms with Gasteiger partial charge in [-0.2, -0.15) is 0 Å². The normalized spacial score (nSPS) is 12.6. The van der Waals surface area contributed by atoms with Gasteiger partial charge in [-0.1, -0.05) is 12.2 Å². The Hall–Kier alpha value is -0.760. The number of aliphatic hydroxyl groups is 1. The van der Waals surface area contributed by atoms with Gasteiger partial charge in [-0.15, -0.1) is 0 Å². The van der Waals surface area contributed by atoms with Gasteiger partial charge in [0.25, 0.3) is 0 Å². The molecular weight excluding hydrogens is 224 g/mol. The average Bonchev–Trinajstić information content (AvgIpc) is 2.47. The molecule has 0 aromatic carbocycles. The molecule has 0 saturated carbocycles. The van der Waals surface area contributed by atoms with E-state index in [1.165, 1.54) is 11.4 Å². The van der Waals surface area contributed by atoms with E-state index < -0.39 is 0 Å². The van der Waals surface area contributed by atoms with Crippen molar-refractivity contribution in [2.24, 2.45) is 0 Å². The van der Waals surface area contributed by atoms with Crippen LogP contribution >= 0.6 is 24.2 Å². The Morgan fingerprint density at radius 2 is 2.36 bits per heavy atom. The molecule has 0 amide bonds. The van der Waals surface area contributed by atoms with Gasteiger partial charge >= 0.3 is 0 Å². The molecule has 0 fully saturated rings. The zero-order chi connectivity index (χ0) is 10.6. The highest BCUT2D eigenvalue weighted by molar-refractivity contribution is 7.97. The molecular formula is C7H10N2O3S2. The Kier molecular flexibility index (Phi) is 4.21. The molecule has 1 aromatic heterocycles. The number of rotatable bonds is 5. The quantitative estimate of drug-likeness (QED) is 0.374. The lowest BCUT2D eigenvalue weighted by Crippen LogP contribution is -2.27. The molecule has 1 heterocycles. The van der Waals surface area contributed by atoms with E-state index in [-0.39, 0.29) is 24.4 Å². The van der Waals surface area contributed by atoms with E-state index >= 15 is 0 Å². The van der Waals surface area contributed by atoms with Gasteiger partial charge in [-0.25, -0.2) is 4.72 Å². The summed E-state index contributed by atoms with van der Waals surface area (Å²) >= 11 is 5.72. The maximum atomic E-state index is 9.21. The van der Waals surface area contributed by atoms with E-state index in [2.05, 4.69) is 21.9 Å². The minimum Gasteiger partial charge on any atom is -0.494 e. The number of aromatic hydroxyl groups is 2. The summed E-state index contributed by atoms with van der Waals surface area (Å²) in [7, 11) is 0. The molecule has 0 unspecified atom stereocenters. The highest BCUT2D eigenvalue weighted by Crippen LogP contribution is 2.29. The third-order valence-corrected chi connectivity index (χ3v) is 2.71. The summed E-state index contributed by atoms with van der Waals surface area (Å²) in [5.74, 6) is -0.240. The van der Waals surface area contributed by atoms with Crippen molar-refractivity contribution in [1.29, 1.82) is 0 Å². The Bertz CT molecular complexity index is 316. The second-order valence-corrected chi connectivity index (χ2v) is 3.66. The topological polar surface area (TPSA) is 88.5 Å². The van der Waals surface area contributed by atoms with Crippen molar-refractivity contribution in [3.05, 3.63) is 6.07 Å². The van der Waals surface area contributed by atoms with Crippen LogP contribution in [0.1, 0.15) is 0 Å². The van der Waals surface area contributed by atoms with Gasteiger partial charge < -0.3 is 15.3 Å². The first-order valence-electron chi connectivity index (χ1n) is 3.76. The maximum absolute atomic E-state index is 9.21. The standard InChI is InChI=1S/C7H10N2O3S2/c10-2-4(3-13)9-14-5-1-6(11)8-7(5)12/h1,3-4,8-12H,2H2/t4-/m0/s1. The molecule has 0 spiro atoms. The predicted molar refractivity (Wildman–Crippen MR) is 57.6 cm³/mol. The van der Waals surface area contributed by atoms with Gasteiger partial charge in [0.15, 0.2) is 5.88 Å². The van der Waals surface area contributed by atoms with Crippen molar-refractivity contribution in [1.82, 2.24) is 9.71 Å². The molecule has 5 N–H and O–H groups in total. The number of thiocarbonyl (C=S) groups is 1. The molecule has 0 aliphatic rings. The van der Waals surface area contributed by atoms with Gasteiger partial charge in [-0.3, -0.25) is 4.98 Å². The first-order valence-corrected chi connectivity index (χ1v) is 5.05. The van der Waals surface area contributed by atoms with Crippen LogP contribution in [0, 0.1) is 0 Å². The highest BCUT2D eigenvalue weighted by Gasteiger charge is 2.09. The van der Waals surface area contributed by atoms with Crippen LogP contribution in [0.4, 0.5) is 0 Å². The van der Waals surface area contributed by atoms with E-state index in [1.54, 1.807) is 0 Å². The highest BCUT2D eigenvalue weighted by atomic mass is 32.2. The van der Waals surface area contributed by atoms with Crippen LogP contribution in [-0.2, 0) is 0 Å². The van der Waals surface area contributed by atoms with E-state index in [9.17, 15) is 5.11 Å². The number of aromatic nitrogens is 1. The molecule has 5 nitrogen and oxygen atoms in total. The number of nitrogens with one attached hydrogen (secondary N) is 2. The van der Waals surface area contributed by atoms with Crippen LogP contribution in [0.5, 0.6) is 11.8 Å². The first-order chi connectivity index (χ1) is 6.67. The Morgan fingerprint density at radius 3 is 2.79 bits per heavy atom. The number of hydrogen-bond acceptors (Lipinski definition) is 6. The molecule has 14 heavy (non-hydrogen) atoms. The van der Waals surface area contributed by atoms with Crippen LogP contribution in [0.3, 0.4) is 0 Å². The summed E-state index contributed by atoms with van der Waals surface area (Å²) in [6.45, 7) is -0.117. The lowest BCUT2D eigenvalue weighted by atomic mass is 10.4. The van der Waals surface area contributed by atoms with Crippen LogP contribution in [0.2, 0.25) is 0 Å². The molecule has 1 atom stereocenters. The fourth-order valence-electron chi connectivity index (χ4n) is 0.737. The largest absolute Gasteiger partial charge is 0.494 e. The number of aromatic amines is 1. The Labute approximate surface area is 90.3 Å². The van der Waals surface area contributed by atoms with Crippen molar-refractivity contribution in [2.75, 3.05) is 6.61 Å². The average molecular weight is 234 g/mol. The van der Waals surface area contributed by atoms with Gasteiger partial charge in [0, 0.05) is 6.07 Å². The SMILES string of the molecule is OC[C@@H](C=S)NSc1cc(O)[nH]c1O.